The Kier molecular flexibility index (Phi) is 5.37. The lowest BCUT2D eigenvalue weighted by Gasteiger charge is -2.19. The number of nitrogens with zero attached hydrogens (tertiary/aromatic N) is 1. The molecular weight excluding hydrogens is 232 g/mol. The van der Waals surface area contributed by atoms with Gasteiger partial charge in [0.25, 0.3) is 0 Å². The van der Waals surface area contributed by atoms with Crippen molar-refractivity contribution in [2.24, 2.45) is 0 Å². The van der Waals surface area contributed by atoms with Gasteiger partial charge in [0.15, 0.2) is 0 Å². The lowest BCUT2D eigenvalue weighted by molar-refractivity contribution is 0.0599. The molecule has 1 atom stereocenters. The van der Waals surface area contributed by atoms with Gasteiger partial charge in [-0.2, -0.15) is 0 Å². The van der Waals surface area contributed by atoms with Crippen molar-refractivity contribution < 1.29 is 13.9 Å². The van der Waals surface area contributed by atoms with Crippen LogP contribution in [0.5, 0.6) is 0 Å². The van der Waals surface area contributed by atoms with Gasteiger partial charge in [-0.1, -0.05) is 0 Å². The predicted octanol–water partition coefficient (Wildman–Crippen LogP) is 1.41. The molecule has 0 bridgehead atoms. The molecule has 1 aromatic heterocycles. The molecule has 0 amide bonds. The summed E-state index contributed by atoms with van der Waals surface area (Å²) in [6.07, 6.45) is 0. The molecule has 5 nitrogen and oxygen atoms in total. The van der Waals surface area contributed by atoms with Gasteiger partial charge in [0.1, 0.15) is 17.1 Å². The maximum Gasteiger partial charge on any atom is 0.341 e. The zero-order valence-corrected chi connectivity index (χ0v) is 11.7. The normalized spacial score (nSPS) is 12.8. The molecule has 1 aromatic rings. The maximum absolute atomic E-state index is 11.4. The number of methoxy groups -OCH3 is 1. The van der Waals surface area contributed by atoms with E-state index in [1.54, 1.807) is 13.0 Å². The molecule has 1 heterocycles. The number of carbonyl (C=O) groups is 1. The first-order chi connectivity index (χ1) is 8.45. The second kappa shape index (κ2) is 6.56. The van der Waals surface area contributed by atoms with E-state index in [0.717, 1.165) is 12.3 Å². The van der Waals surface area contributed by atoms with Gasteiger partial charge in [-0.3, -0.25) is 0 Å². The summed E-state index contributed by atoms with van der Waals surface area (Å²) in [6.45, 7) is 5.37. The number of furan rings is 1. The average Bonchev–Trinajstić information content (AvgIpc) is 2.69. The second-order valence-corrected chi connectivity index (χ2v) is 4.62. The number of likely N-dealkylation sites (N-methyl/N-ethyl adjacent to an activating group) is 1. The first-order valence-electron chi connectivity index (χ1n) is 6.00. The van der Waals surface area contributed by atoms with E-state index < -0.39 is 0 Å². The van der Waals surface area contributed by atoms with Crippen molar-refractivity contribution in [2.45, 2.75) is 26.4 Å². The van der Waals surface area contributed by atoms with Crippen LogP contribution in [-0.4, -0.2) is 44.7 Å². The molecule has 5 heteroatoms. The fraction of sp³-hybridized carbons (Fsp3) is 0.615. The van der Waals surface area contributed by atoms with Crippen molar-refractivity contribution in [1.29, 1.82) is 0 Å². The molecule has 0 radical (unpaired) electrons. The van der Waals surface area contributed by atoms with Crippen LogP contribution in [0.1, 0.15) is 28.8 Å². The summed E-state index contributed by atoms with van der Waals surface area (Å²) >= 11 is 0. The fourth-order valence-corrected chi connectivity index (χ4v) is 1.53. The number of esters is 1. The standard InChI is InChI=1S/C13H22N2O3/c1-9(15(3)4)7-14-8-11-6-12(10(2)18-11)13(16)17-5/h6,9,14H,7-8H2,1-5H3. The number of rotatable bonds is 6. The number of carbonyl (C=O) groups excluding carboxylic acids is 1. The molecule has 0 spiro atoms. The van der Waals surface area contributed by atoms with E-state index in [4.69, 9.17) is 4.42 Å². The first kappa shape index (κ1) is 14.7. The van der Waals surface area contributed by atoms with Crippen LogP contribution in [0.2, 0.25) is 0 Å². The van der Waals surface area contributed by atoms with E-state index in [-0.39, 0.29) is 5.97 Å². The SMILES string of the molecule is COC(=O)c1cc(CNCC(C)N(C)C)oc1C. The second-order valence-electron chi connectivity index (χ2n) is 4.62. The molecule has 1 unspecified atom stereocenters. The van der Waals surface area contributed by atoms with Gasteiger partial charge in [-0.25, -0.2) is 4.79 Å². The van der Waals surface area contributed by atoms with Crippen LogP contribution in [-0.2, 0) is 11.3 Å². The van der Waals surface area contributed by atoms with Gasteiger partial charge in [-0.15, -0.1) is 0 Å². The van der Waals surface area contributed by atoms with E-state index in [1.807, 2.05) is 14.1 Å². The summed E-state index contributed by atoms with van der Waals surface area (Å²) in [5.74, 6) is 0.988. The van der Waals surface area contributed by atoms with E-state index in [0.29, 0.717) is 23.9 Å². The van der Waals surface area contributed by atoms with Crippen LogP contribution in [0.25, 0.3) is 0 Å². The Morgan fingerprint density at radius 1 is 1.56 bits per heavy atom. The summed E-state index contributed by atoms with van der Waals surface area (Å²) in [5.41, 5.74) is 0.495. The van der Waals surface area contributed by atoms with Gasteiger partial charge in [0.05, 0.1) is 13.7 Å². The van der Waals surface area contributed by atoms with Gasteiger partial charge < -0.3 is 19.4 Å². The number of ether oxygens (including phenoxy) is 1. The summed E-state index contributed by atoms with van der Waals surface area (Å²) in [5, 5.41) is 3.29. The Morgan fingerprint density at radius 3 is 2.78 bits per heavy atom. The molecule has 0 aliphatic rings. The van der Waals surface area contributed by atoms with E-state index >= 15 is 0 Å². The molecule has 1 N–H and O–H groups in total. The molecule has 18 heavy (non-hydrogen) atoms. The van der Waals surface area contributed by atoms with Crippen molar-refractivity contribution in [2.75, 3.05) is 27.7 Å². The highest BCUT2D eigenvalue weighted by Gasteiger charge is 2.15. The minimum atomic E-state index is -0.357. The smallest absolute Gasteiger partial charge is 0.341 e. The largest absolute Gasteiger partial charge is 0.465 e. The third-order valence-corrected chi connectivity index (χ3v) is 2.99. The maximum atomic E-state index is 11.4. The molecule has 0 aliphatic heterocycles. The summed E-state index contributed by atoms with van der Waals surface area (Å²) in [6, 6.07) is 2.18. The Labute approximate surface area is 108 Å². The molecule has 0 aliphatic carbocycles. The Balaban J connectivity index is 2.51. The highest BCUT2D eigenvalue weighted by atomic mass is 16.5. The number of hydrogen-bond donors (Lipinski definition) is 1. The molecule has 1 rings (SSSR count). The van der Waals surface area contributed by atoms with Crippen LogP contribution >= 0.6 is 0 Å². The van der Waals surface area contributed by atoms with Crippen LogP contribution in [0, 0.1) is 6.92 Å². The van der Waals surface area contributed by atoms with Crippen LogP contribution in [0.3, 0.4) is 0 Å². The molecule has 0 saturated carbocycles. The Bertz CT molecular complexity index is 399. The lowest BCUT2D eigenvalue weighted by Crippen LogP contribution is -2.35. The topological polar surface area (TPSA) is 54.7 Å². The predicted molar refractivity (Wildman–Crippen MR) is 69.6 cm³/mol. The Morgan fingerprint density at radius 2 is 2.22 bits per heavy atom. The number of hydrogen-bond acceptors (Lipinski definition) is 5. The van der Waals surface area contributed by atoms with Crippen molar-refractivity contribution in [1.82, 2.24) is 10.2 Å². The molecular formula is C13H22N2O3. The van der Waals surface area contributed by atoms with Crippen LogP contribution in [0.15, 0.2) is 10.5 Å². The van der Waals surface area contributed by atoms with Crippen molar-refractivity contribution >= 4 is 5.97 Å². The fourth-order valence-electron chi connectivity index (χ4n) is 1.53. The monoisotopic (exact) mass is 254 g/mol. The number of aryl methyl sites for hydroxylation is 1. The van der Waals surface area contributed by atoms with Gasteiger partial charge in [0.2, 0.25) is 0 Å². The molecule has 0 fully saturated rings. The lowest BCUT2D eigenvalue weighted by atomic mass is 10.2. The van der Waals surface area contributed by atoms with E-state index in [9.17, 15) is 4.79 Å². The third kappa shape index (κ3) is 3.85. The first-order valence-corrected chi connectivity index (χ1v) is 6.00. The quantitative estimate of drug-likeness (QED) is 0.778. The van der Waals surface area contributed by atoms with Gasteiger partial charge in [-0.05, 0) is 34.0 Å². The van der Waals surface area contributed by atoms with Crippen LogP contribution in [0.4, 0.5) is 0 Å². The zero-order chi connectivity index (χ0) is 13.7. The van der Waals surface area contributed by atoms with Gasteiger partial charge >= 0.3 is 5.97 Å². The van der Waals surface area contributed by atoms with E-state index in [2.05, 4.69) is 21.9 Å². The zero-order valence-electron chi connectivity index (χ0n) is 11.7. The summed E-state index contributed by atoms with van der Waals surface area (Å²) < 4.78 is 10.2. The van der Waals surface area contributed by atoms with Gasteiger partial charge in [0, 0.05) is 12.6 Å². The average molecular weight is 254 g/mol. The highest BCUT2D eigenvalue weighted by molar-refractivity contribution is 5.90. The minimum absolute atomic E-state index is 0.357. The van der Waals surface area contributed by atoms with Crippen molar-refractivity contribution in [3.05, 3.63) is 23.2 Å². The highest BCUT2D eigenvalue weighted by Crippen LogP contribution is 2.15. The third-order valence-electron chi connectivity index (χ3n) is 2.99. The Hall–Kier alpha value is -1.33. The van der Waals surface area contributed by atoms with Crippen molar-refractivity contribution in [3.63, 3.8) is 0 Å². The van der Waals surface area contributed by atoms with Crippen molar-refractivity contribution in [3.8, 4) is 0 Å². The van der Waals surface area contributed by atoms with E-state index in [1.165, 1.54) is 7.11 Å². The minimum Gasteiger partial charge on any atom is -0.465 e. The number of nitrogens with one attached hydrogen (secondary N) is 1. The van der Waals surface area contributed by atoms with Crippen LogP contribution < -0.4 is 5.32 Å². The summed E-state index contributed by atoms with van der Waals surface area (Å²) in [7, 11) is 5.45. The molecule has 0 saturated heterocycles. The molecule has 102 valence electrons. The molecule has 0 aromatic carbocycles. The summed E-state index contributed by atoms with van der Waals surface area (Å²) in [4.78, 5) is 13.5.